The smallest absolute Gasteiger partial charge is 0.224 e. The van der Waals surface area contributed by atoms with E-state index in [9.17, 15) is 25.6 Å². The molecular formula is C11H13ClF2O4S2. The van der Waals surface area contributed by atoms with E-state index in [1.807, 2.05) is 0 Å². The van der Waals surface area contributed by atoms with Gasteiger partial charge in [-0.1, -0.05) is 6.92 Å². The van der Waals surface area contributed by atoms with Gasteiger partial charge in [-0.3, -0.25) is 0 Å². The number of alkyl halides is 3. The van der Waals surface area contributed by atoms with E-state index in [1.54, 1.807) is 6.92 Å². The summed E-state index contributed by atoms with van der Waals surface area (Å²) in [4.78, 5) is -0.737. The van der Waals surface area contributed by atoms with Crippen molar-refractivity contribution in [3.05, 3.63) is 24.3 Å². The first-order valence-electron chi connectivity index (χ1n) is 5.52. The van der Waals surface area contributed by atoms with Crippen LogP contribution in [0.15, 0.2) is 34.1 Å². The van der Waals surface area contributed by atoms with E-state index in [-0.39, 0.29) is 22.4 Å². The Morgan fingerprint density at radius 2 is 1.50 bits per heavy atom. The summed E-state index contributed by atoms with van der Waals surface area (Å²) in [7, 11) is -8.34. The van der Waals surface area contributed by atoms with Gasteiger partial charge in [0, 0.05) is 5.88 Å². The van der Waals surface area contributed by atoms with Gasteiger partial charge < -0.3 is 0 Å². The van der Waals surface area contributed by atoms with E-state index < -0.39 is 30.3 Å². The van der Waals surface area contributed by atoms with Crippen molar-refractivity contribution < 1.29 is 25.6 Å². The topological polar surface area (TPSA) is 68.3 Å². The number of halogens is 3. The van der Waals surface area contributed by atoms with E-state index >= 15 is 0 Å². The Balaban J connectivity index is 3.09. The van der Waals surface area contributed by atoms with Crippen LogP contribution in [0.4, 0.5) is 8.78 Å². The molecule has 1 rings (SSSR count). The standard InChI is InChI=1S/C11H13ClF2O4S2/c1-8(6-12)7-19(15,16)9-2-4-10(5-3-9)20(17,18)11(13)14/h2-5,8,11H,6-7H2,1H3. The van der Waals surface area contributed by atoms with E-state index in [0.29, 0.717) is 0 Å². The molecule has 0 fully saturated rings. The molecule has 0 aromatic heterocycles. The van der Waals surface area contributed by atoms with E-state index in [0.717, 1.165) is 24.3 Å². The highest BCUT2D eigenvalue weighted by Gasteiger charge is 2.27. The zero-order chi connectivity index (χ0) is 15.6. The minimum Gasteiger partial charge on any atom is -0.224 e. The molecular weight excluding hydrogens is 334 g/mol. The third-order valence-electron chi connectivity index (χ3n) is 2.51. The van der Waals surface area contributed by atoms with Crippen LogP contribution in [0.5, 0.6) is 0 Å². The summed E-state index contributed by atoms with van der Waals surface area (Å²) in [5, 5.41) is 0. The van der Waals surface area contributed by atoms with Crippen LogP contribution in [0, 0.1) is 5.92 Å². The molecule has 4 nitrogen and oxygen atoms in total. The summed E-state index contributed by atoms with van der Waals surface area (Å²) in [6.45, 7) is 1.65. The second-order valence-electron chi connectivity index (χ2n) is 4.32. The van der Waals surface area contributed by atoms with Crippen molar-refractivity contribution in [1.29, 1.82) is 0 Å². The van der Waals surface area contributed by atoms with E-state index in [1.165, 1.54) is 0 Å². The highest BCUT2D eigenvalue weighted by Crippen LogP contribution is 2.21. The normalized spacial score (nSPS) is 14.4. The molecule has 0 radical (unpaired) electrons. The van der Waals surface area contributed by atoms with Gasteiger partial charge in [0.25, 0.3) is 0 Å². The summed E-state index contributed by atoms with van der Waals surface area (Å²) in [6, 6.07) is 3.73. The Labute approximate surface area is 121 Å². The van der Waals surface area contributed by atoms with Crippen LogP contribution >= 0.6 is 11.6 Å². The first kappa shape index (κ1) is 17.3. The molecule has 0 aliphatic heterocycles. The lowest BCUT2D eigenvalue weighted by molar-refractivity contribution is 0.234. The molecule has 1 aromatic rings. The molecule has 0 aliphatic rings. The summed E-state index contributed by atoms with van der Waals surface area (Å²) in [5.74, 6) is -3.85. The van der Waals surface area contributed by atoms with Crippen molar-refractivity contribution in [1.82, 2.24) is 0 Å². The summed E-state index contributed by atoms with van der Waals surface area (Å²) < 4.78 is 70.9. The van der Waals surface area contributed by atoms with Crippen LogP contribution in [0.2, 0.25) is 0 Å². The maximum Gasteiger partial charge on any atom is 0.341 e. The van der Waals surface area contributed by atoms with E-state index in [2.05, 4.69) is 0 Å². The van der Waals surface area contributed by atoms with Crippen LogP contribution in [-0.4, -0.2) is 34.2 Å². The molecule has 114 valence electrons. The number of benzene rings is 1. The number of hydrogen-bond acceptors (Lipinski definition) is 4. The summed E-state index contributed by atoms with van der Waals surface area (Å²) in [6.07, 6.45) is 0. The van der Waals surface area contributed by atoms with Crippen molar-refractivity contribution >= 4 is 31.3 Å². The summed E-state index contributed by atoms with van der Waals surface area (Å²) in [5.41, 5.74) is 0. The van der Waals surface area contributed by atoms with Gasteiger partial charge in [-0.25, -0.2) is 16.8 Å². The average molecular weight is 347 g/mol. The highest BCUT2D eigenvalue weighted by atomic mass is 35.5. The molecule has 0 spiro atoms. The van der Waals surface area contributed by atoms with Crippen molar-refractivity contribution in [2.45, 2.75) is 22.5 Å². The molecule has 0 bridgehead atoms. The summed E-state index contributed by atoms with van der Waals surface area (Å²) >= 11 is 5.54. The predicted molar refractivity (Wildman–Crippen MR) is 71.6 cm³/mol. The molecule has 1 atom stereocenters. The fourth-order valence-electron chi connectivity index (χ4n) is 1.45. The van der Waals surface area contributed by atoms with Crippen LogP contribution in [0.1, 0.15) is 6.92 Å². The molecule has 0 saturated heterocycles. The molecule has 0 N–H and O–H groups in total. The Morgan fingerprint density at radius 1 is 1.05 bits per heavy atom. The maximum atomic E-state index is 12.3. The molecule has 0 amide bonds. The fraction of sp³-hybridized carbons (Fsp3) is 0.455. The van der Waals surface area contributed by atoms with Crippen molar-refractivity contribution in [2.24, 2.45) is 5.92 Å². The number of rotatable bonds is 6. The lowest BCUT2D eigenvalue weighted by Crippen LogP contribution is -2.16. The van der Waals surface area contributed by atoms with Crippen LogP contribution in [-0.2, 0) is 19.7 Å². The predicted octanol–water partition coefficient (Wildman–Crippen LogP) is 2.33. The van der Waals surface area contributed by atoms with Crippen LogP contribution < -0.4 is 0 Å². The third-order valence-corrected chi connectivity index (χ3v) is 6.44. The van der Waals surface area contributed by atoms with Gasteiger partial charge in [-0.05, 0) is 30.2 Å². The molecule has 0 saturated carbocycles. The van der Waals surface area contributed by atoms with E-state index in [4.69, 9.17) is 11.6 Å². The number of hydrogen-bond donors (Lipinski definition) is 0. The zero-order valence-corrected chi connectivity index (χ0v) is 12.9. The van der Waals surface area contributed by atoms with Gasteiger partial charge in [0.05, 0.1) is 15.5 Å². The first-order chi connectivity index (χ1) is 9.11. The zero-order valence-electron chi connectivity index (χ0n) is 10.5. The molecule has 1 unspecified atom stereocenters. The Hall–Kier alpha value is -0.730. The largest absolute Gasteiger partial charge is 0.341 e. The third kappa shape index (κ3) is 3.89. The monoisotopic (exact) mass is 346 g/mol. The minimum atomic E-state index is -4.72. The fourth-order valence-corrected chi connectivity index (χ4v) is 4.02. The van der Waals surface area contributed by atoms with Crippen LogP contribution in [0.3, 0.4) is 0 Å². The molecule has 9 heteroatoms. The van der Waals surface area contributed by atoms with Gasteiger partial charge in [0.15, 0.2) is 9.84 Å². The van der Waals surface area contributed by atoms with Gasteiger partial charge in [0.2, 0.25) is 9.84 Å². The lowest BCUT2D eigenvalue weighted by atomic mass is 10.3. The second-order valence-corrected chi connectivity index (χ2v) is 8.58. The van der Waals surface area contributed by atoms with Crippen molar-refractivity contribution in [3.63, 3.8) is 0 Å². The van der Waals surface area contributed by atoms with Crippen molar-refractivity contribution in [3.8, 4) is 0 Å². The molecule has 20 heavy (non-hydrogen) atoms. The van der Waals surface area contributed by atoms with Crippen LogP contribution in [0.25, 0.3) is 0 Å². The average Bonchev–Trinajstić information content (AvgIpc) is 2.38. The Bertz CT molecular complexity index is 654. The van der Waals surface area contributed by atoms with Crippen molar-refractivity contribution in [2.75, 3.05) is 11.6 Å². The lowest BCUT2D eigenvalue weighted by Gasteiger charge is -2.09. The molecule has 0 aliphatic carbocycles. The van der Waals surface area contributed by atoms with Gasteiger partial charge >= 0.3 is 5.76 Å². The number of sulfone groups is 2. The van der Waals surface area contributed by atoms with Gasteiger partial charge in [-0.15, -0.1) is 11.6 Å². The maximum absolute atomic E-state index is 12.3. The van der Waals surface area contributed by atoms with Gasteiger partial charge in [-0.2, -0.15) is 8.78 Å². The SMILES string of the molecule is CC(CCl)CS(=O)(=O)c1ccc(S(=O)(=O)C(F)F)cc1. The highest BCUT2D eigenvalue weighted by molar-refractivity contribution is 7.92. The Kier molecular flexibility index (Phi) is 5.51. The minimum absolute atomic E-state index is 0.123. The van der Waals surface area contributed by atoms with Gasteiger partial charge in [0.1, 0.15) is 0 Å². The molecule has 1 aromatic carbocycles. The molecule has 0 heterocycles. The first-order valence-corrected chi connectivity index (χ1v) is 9.25. The Morgan fingerprint density at radius 3 is 1.90 bits per heavy atom. The quantitative estimate of drug-likeness (QED) is 0.741. The second kappa shape index (κ2) is 6.36.